The molecule has 1 heterocycles. The van der Waals surface area contributed by atoms with E-state index in [0.717, 1.165) is 20.4 Å². The highest BCUT2D eigenvalue weighted by molar-refractivity contribution is 14.1. The molecule has 6 nitrogen and oxygen atoms in total. The first-order valence-electron chi connectivity index (χ1n) is 8.48. The third kappa shape index (κ3) is 5.49. The number of hydrogen-bond donors (Lipinski definition) is 2. The molecule has 0 saturated carbocycles. The topological polar surface area (TPSA) is 76.7 Å². The van der Waals surface area contributed by atoms with Crippen LogP contribution in [-0.2, 0) is 9.59 Å². The summed E-state index contributed by atoms with van der Waals surface area (Å²) in [6, 6.07) is 11.1. The second kappa shape index (κ2) is 9.59. The molecule has 2 aromatic carbocycles. The van der Waals surface area contributed by atoms with Gasteiger partial charge in [-0.05, 0) is 64.9 Å². The minimum Gasteiger partial charge on any atom is -0.493 e. The SMILES string of the molecule is COc1cc(/C=C2\SC(=S)NC2=O)cc(I)c1OCC(=O)Nc1ccccc1C. The number of ether oxygens (including phenoxy) is 2. The van der Waals surface area contributed by atoms with E-state index in [4.69, 9.17) is 21.7 Å². The van der Waals surface area contributed by atoms with E-state index in [1.807, 2.05) is 37.3 Å². The fourth-order valence-corrected chi connectivity index (χ4v) is 4.40. The van der Waals surface area contributed by atoms with Crippen LogP contribution in [0, 0.1) is 10.5 Å². The van der Waals surface area contributed by atoms with Crippen molar-refractivity contribution in [1.82, 2.24) is 5.32 Å². The van der Waals surface area contributed by atoms with Gasteiger partial charge in [0.1, 0.15) is 4.32 Å². The molecule has 2 N–H and O–H groups in total. The van der Waals surface area contributed by atoms with E-state index in [1.165, 1.54) is 18.9 Å². The van der Waals surface area contributed by atoms with E-state index >= 15 is 0 Å². The predicted molar refractivity (Wildman–Crippen MR) is 127 cm³/mol. The zero-order valence-corrected chi connectivity index (χ0v) is 19.4. The highest BCUT2D eigenvalue weighted by atomic mass is 127. The lowest BCUT2D eigenvalue weighted by Crippen LogP contribution is -2.21. The van der Waals surface area contributed by atoms with Crippen LogP contribution in [0.2, 0.25) is 0 Å². The van der Waals surface area contributed by atoms with Gasteiger partial charge in [0.2, 0.25) is 0 Å². The molecule has 0 spiro atoms. The molecule has 0 aliphatic carbocycles. The first kappa shape index (κ1) is 21.6. The number of amides is 2. The highest BCUT2D eigenvalue weighted by Crippen LogP contribution is 2.36. The van der Waals surface area contributed by atoms with Crippen molar-refractivity contribution in [2.45, 2.75) is 6.92 Å². The van der Waals surface area contributed by atoms with Crippen LogP contribution >= 0.6 is 46.6 Å². The van der Waals surface area contributed by atoms with E-state index in [-0.39, 0.29) is 18.4 Å². The Hall–Kier alpha value is -2.11. The molecule has 0 atom stereocenters. The fraction of sp³-hybridized carbons (Fsp3) is 0.150. The lowest BCUT2D eigenvalue weighted by Gasteiger charge is -2.14. The number of rotatable bonds is 6. The number of benzene rings is 2. The van der Waals surface area contributed by atoms with Crippen LogP contribution in [0.4, 0.5) is 5.69 Å². The van der Waals surface area contributed by atoms with Gasteiger partial charge in [0.15, 0.2) is 18.1 Å². The quantitative estimate of drug-likeness (QED) is 0.327. The van der Waals surface area contributed by atoms with Crippen LogP contribution in [0.1, 0.15) is 11.1 Å². The second-order valence-electron chi connectivity index (χ2n) is 6.04. The van der Waals surface area contributed by atoms with Crippen molar-refractivity contribution in [3.05, 3.63) is 56.0 Å². The molecular weight excluding hydrogens is 523 g/mol. The maximum atomic E-state index is 12.3. The molecule has 1 saturated heterocycles. The Labute approximate surface area is 191 Å². The largest absolute Gasteiger partial charge is 0.493 e. The number of halogens is 1. The standard InChI is InChI=1S/C20H17IN2O4S2/c1-11-5-3-4-6-14(11)22-17(24)10-27-18-13(21)7-12(8-15(18)26-2)9-16-19(25)23-20(28)29-16/h3-9H,10H2,1-2H3,(H,22,24)(H,23,25,28)/b16-9-. The Balaban J connectivity index is 1.73. The Morgan fingerprint density at radius 3 is 2.76 bits per heavy atom. The maximum absolute atomic E-state index is 12.3. The molecule has 1 fully saturated rings. The number of para-hydroxylation sites is 1. The molecule has 1 aliphatic rings. The highest BCUT2D eigenvalue weighted by Gasteiger charge is 2.22. The van der Waals surface area contributed by atoms with Gasteiger partial charge in [-0.3, -0.25) is 9.59 Å². The number of carbonyl (C=O) groups excluding carboxylic acids is 2. The van der Waals surface area contributed by atoms with Gasteiger partial charge >= 0.3 is 0 Å². The van der Waals surface area contributed by atoms with Crippen LogP contribution in [0.3, 0.4) is 0 Å². The van der Waals surface area contributed by atoms with Crippen LogP contribution < -0.4 is 20.1 Å². The van der Waals surface area contributed by atoms with Gasteiger partial charge in [-0.1, -0.05) is 42.2 Å². The molecule has 0 unspecified atom stereocenters. The smallest absolute Gasteiger partial charge is 0.263 e. The summed E-state index contributed by atoms with van der Waals surface area (Å²) < 4.78 is 12.3. The normalized spacial score (nSPS) is 14.7. The first-order valence-corrected chi connectivity index (χ1v) is 10.8. The molecule has 0 radical (unpaired) electrons. The number of aryl methyl sites for hydroxylation is 1. The van der Waals surface area contributed by atoms with E-state index in [9.17, 15) is 9.59 Å². The van der Waals surface area contributed by atoms with Gasteiger partial charge in [0.25, 0.3) is 11.8 Å². The predicted octanol–water partition coefficient (Wildman–Crippen LogP) is 4.11. The minimum atomic E-state index is -0.268. The number of hydrogen-bond acceptors (Lipinski definition) is 6. The number of thioether (sulfide) groups is 1. The Bertz CT molecular complexity index is 1020. The molecule has 0 bridgehead atoms. The zero-order chi connectivity index (χ0) is 21.0. The van der Waals surface area contributed by atoms with Crippen molar-refractivity contribution in [3.8, 4) is 11.5 Å². The Morgan fingerprint density at radius 2 is 2.10 bits per heavy atom. The number of methoxy groups -OCH3 is 1. The summed E-state index contributed by atoms with van der Waals surface area (Å²) in [5, 5.41) is 5.41. The van der Waals surface area contributed by atoms with Crippen LogP contribution in [0.25, 0.3) is 6.08 Å². The lowest BCUT2D eigenvalue weighted by atomic mass is 10.2. The van der Waals surface area contributed by atoms with Crippen LogP contribution in [0.15, 0.2) is 41.3 Å². The van der Waals surface area contributed by atoms with E-state index < -0.39 is 0 Å². The minimum absolute atomic E-state index is 0.159. The summed E-state index contributed by atoms with van der Waals surface area (Å²) in [6.07, 6.45) is 1.73. The van der Waals surface area contributed by atoms with Gasteiger partial charge in [0.05, 0.1) is 15.6 Å². The first-order chi connectivity index (χ1) is 13.9. The van der Waals surface area contributed by atoms with E-state index in [0.29, 0.717) is 20.7 Å². The van der Waals surface area contributed by atoms with Crippen molar-refractivity contribution < 1.29 is 19.1 Å². The van der Waals surface area contributed by atoms with Gasteiger partial charge < -0.3 is 20.1 Å². The average molecular weight is 540 g/mol. The summed E-state index contributed by atoms with van der Waals surface area (Å²) in [4.78, 5) is 24.6. The molecule has 2 aromatic rings. The Kier molecular flexibility index (Phi) is 7.14. The molecule has 2 amide bonds. The maximum Gasteiger partial charge on any atom is 0.263 e. The van der Waals surface area contributed by atoms with Crippen molar-refractivity contribution in [3.63, 3.8) is 0 Å². The number of thiocarbonyl (C=S) groups is 1. The van der Waals surface area contributed by atoms with E-state index in [2.05, 4.69) is 33.2 Å². The molecule has 9 heteroatoms. The lowest BCUT2D eigenvalue weighted by molar-refractivity contribution is -0.118. The van der Waals surface area contributed by atoms with Crippen molar-refractivity contribution in [1.29, 1.82) is 0 Å². The summed E-state index contributed by atoms with van der Waals surface area (Å²) in [6.45, 7) is 1.76. The monoisotopic (exact) mass is 540 g/mol. The summed E-state index contributed by atoms with van der Waals surface area (Å²) in [7, 11) is 1.52. The zero-order valence-electron chi connectivity index (χ0n) is 15.6. The average Bonchev–Trinajstić information content (AvgIpc) is 2.99. The molecule has 0 aromatic heterocycles. The third-order valence-electron chi connectivity index (χ3n) is 3.96. The summed E-state index contributed by atoms with van der Waals surface area (Å²) in [5.74, 6) is 0.450. The van der Waals surface area contributed by atoms with Crippen molar-refractivity contribution >= 4 is 74.5 Å². The fourth-order valence-electron chi connectivity index (χ4n) is 2.57. The summed E-state index contributed by atoms with van der Waals surface area (Å²) >= 11 is 8.32. The number of carbonyl (C=O) groups is 2. The van der Waals surface area contributed by atoms with Gasteiger partial charge in [-0.15, -0.1) is 0 Å². The van der Waals surface area contributed by atoms with E-state index in [1.54, 1.807) is 12.1 Å². The van der Waals surface area contributed by atoms with Crippen LogP contribution in [0.5, 0.6) is 11.5 Å². The van der Waals surface area contributed by atoms with Gasteiger partial charge in [-0.25, -0.2) is 0 Å². The van der Waals surface area contributed by atoms with Crippen molar-refractivity contribution in [2.24, 2.45) is 0 Å². The Morgan fingerprint density at radius 1 is 1.34 bits per heavy atom. The number of anilines is 1. The summed E-state index contributed by atoms with van der Waals surface area (Å²) in [5.41, 5.74) is 2.49. The molecule has 150 valence electrons. The molecule has 1 aliphatic heterocycles. The van der Waals surface area contributed by atoms with Crippen molar-refractivity contribution in [2.75, 3.05) is 19.0 Å². The van der Waals surface area contributed by atoms with Crippen LogP contribution in [-0.4, -0.2) is 29.9 Å². The molecule has 29 heavy (non-hydrogen) atoms. The van der Waals surface area contributed by atoms with Gasteiger partial charge in [-0.2, -0.15) is 0 Å². The second-order valence-corrected chi connectivity index (χ2v) is 8.92. The molecule has 3 rings (SSSR count). The number of nitrogens with one attached hydrogen (secondary N) is 2. The van der Waals surface area contributed by atoms with Gasteiger partial charge in [0, 0.05) is 5.69 Å². The molecular formula is C20H17IN2O4S2. The third-order valence-corrected chi connectivity index (χ3v) is 5.92.